The molecule has 0 bridgehead atoms. The van der Waals surface area contributed by atoms with Crippen molar-refractivity contribution in [2.24, 2.45) is 5.10 Å². The van der Waals surface area contributed by atoms with Crippen molar-refractivity contribution in [1.82, 2.24) is 5.43 Å². The third kappa shape index (κ3) is 5.60. The first kappa shape index (κ1) is 21.5. The van der Waals surface area contributed by atoms with Gasteiger partial charge in [-0.25, -0.2) is 5.43 Å². The van der Waals surface area contributed by atoms with E-state index in [9.17, 15) is 9.90 Å². The van der Waals surface area contributed by atoms with Crippen molar-refractivity contribution in [3.05, 3.63) is 43.2 Å². The first-order valence-corrected chi connectivity index (χ1v) is 9.78. The molecule has 0 fully saturated rings. The fourth-order valence-electron chi connectivity index (χ4n) is 2.01. The topological polar surface area (TPSA) is 89.4 Å². The normalized spacial score (nSPS) is 10.7. The molecule has 0 radical (unpaired) electrons. The fourth-order valence-corrected chi connectivity index (χ4v) is 3.82. The molecule has 0 heterocycles. The highest BCUT2D eigenvalue weighted by molar-refractivity contribution is 9.11. The Labute approximate surface area is 181 Å². The van der Waals surface area contributed by atoms with Crippen LogP contribution < -0.4 is 19.6 Å². The van der Waals surface area contributed by atoms with Crippen molar-refractivity contribution in [3.63, 3.8) is 0 Å². The second-order valence-electron chi connectivity index (χ2n) is 5.02. The molecule has 2 N–H and O–H groups in total. The number of benzene rings is 2. The largest absolute Gasteiger partial charge is 0.506 e. The van der Waals surface area contributed by atoms with E-state index in [-0.39, 0.29) is 12.4 Å². The van der Waals surface area contributed by atoms with Crippen LogP contribution in [0.1, 0.15) is 5.56 Å². The van der Waals surface area contributed by atoms with Crippen LogP contribution in [-0.2, 0) is 4.79 Å². The van der Waals surface area contributed by atoms with E-state index in [2.05, 4.69) is 58.3 Å². The maximum Gasteiger partial charge on any atom is 0.277 e. The molecular weight excluding hydrogens is 552 g/mol. The minimum absolute atomic E-state index is 0.0658. The van der Waals surface area contributed by atoms with Gasteiger partial charge in [0, 0.05) is 10.0 Å². The number of phenolic OH excluding ortho intramolecular Hbond substituents is 1. The Morgan fingerprint density at radius 1 is 1.19 bits per heavy atom. The van der Waals surface area contributed by atoms with Crippen LogP contribution in [0, 0.1) is 0 Å². The third-order valence-corrected chi connectivity index (χ3v) is 5.08. The van der Waals surface area contributed by atoms with Gasteiger partial charge < -0.3 is 19.3 Å². The number of hydrazone groups is 1. The molecule has 2 aromatic rings. The average Bonchev–Trinajstić information content (AvgIpc) is 2.65. The number of nitrogens with one attached hydrogen (secondary N) is 1. The van der Waals surface area contributed by atoms with Crippen LogP contribution in [0.3, 0.4) is 0 Å². The molecule has 0 saturated heterocycles. The number of amides is 1. The lowest BCUT2D eigenvalue weighted by atomic mass is 10.2. The molecule has 144 valence electrons. The molecule has 1 amide bonds. The van der Waals surface area contributed by atoms with Crippen LogP contribution >= 0.6 is 47.8 Å². The van der Waals surface area contributed by atoms with Gasteiger partial charge in [-0.15, -0.1) is 0 Å². The highest BCUT2D eigenvalue weighted by Gasteiger charge is 2.14. The SMILES string of the molecule is COc1cc(Br)ccc1OCC(=O)N/N=C/c1cc(Br)c(OC)c(Br)c1O. The molecule has 10 heteroatoms. The van der Waals surface area contributed by atoms with Gasteiger partial charge in [0.25, 0.3) is 5.91 Å². The number of carbonyl (C=O) groups is 1. The molecule has 0 aliphatic rings. The number of hydrogen-bond acceptors (Lipinski definition) is 6. The zero-order valence-corrected chi connectivity index (χ0v) is 19.0. The Bertz CT molecular complexity index is 874. The van der Waals surface area contributed by atoms with Crippen LogP contribution in [-0.4, -0.2) is 38.1 Å². The minimum Gasteiger partial charge on any atom is -0.506 e. The number of halogens is 3. The number of hydrogen-bond donors (Lipinski definition) is 2. The summed E-state index contributed by atoms with van der Waals surface area (Å²) >= 11 is 9.90. The summed E-state index contributed by atoms with van der Waals surface area (Å²) in [5.41, 5.74) is 2.71. The lowest BCUT2D eigenvalue weighted by Gasteiger charge is -2.10. The summed E-state index contributed by atoms with van der Waals surface area (Å²) in [6.45, 7) is -0.253. The summed E-state index contributed by atoms with van der Waals surface area (Å²) in [7, 11) is 3.00. The average molecular weight is 567 g/mol. The number of ether oxygens (including phenoxy) is 3. The van der Waals surface area contributed by atoms with Crippen molar-refractivity contribution in [3.8, 4) is 23.0 Å². The van der Waals surface area contributed by atoms with Crippen molar-refractivity contribution in [2.75, 3.05) is 20.8 Å². The maximum atomic E-state index is 11.9. The van der Waals surface area contributed by atoms with Gasteiger partial charge >= 0.3 is 0 Å². The van der Waals surface area contributed by atoms with Crippen LogP contribution in [0.15, 0.2) is 42.8 Å². The van der Waals surface area contributed by atoms with Crippen LogP contribution in [0.25, 0.3) is 0 Å². The van der Waals surface area contributed by atoms with E-state index in [0.29, 0.717) is 31.8 Å². The fraction of sp³-hybridized carbons (Fsp3) is 0.176. The summed E-state index contributed by atoms with van der Waals surface area (Å²) in [5, 5.41) is 14.0. The van der Waals surface area contributed by atoms with E-state index in [1.807, 2.05) is 0 Å². The second-order valence-corrected chi connectivity index (χ2v) is 7.58. The molecule has 0 aliphatic heterocycles. The number of carbonyl (C=O) groups excluding carboxylic acids is 1. The Morgan fingerprint density at radius 3 is 2.59 bits per heavy atom. The van der Waals surface area contributed by atoms with Crippen LogP contribution in [0.5, 0.6) is 23.0 Å². The number of aromatic hydroxyl groups is 1. The van der Waals surface area contributed by atoms with Gasteiger partial charge in [-0.2, -0.15) is 5.10 Å². The van der Waals surface area contributed by atoms with Gasteiger partial charge in [-0.1, -0.05) is 15.9 Å². The minimum atomic E-state index is -0.470. The van der Waals surface area contributed by atoms with Crippen LogP contribution in [0.4, 0.5) is 0 Å². The number of phenols is 1. The lowest BCUT2D eigenvalue weighted by Crippen LogP contribution is -2.24. The first-order valence-electron chi connectivity index (χ1n) is 7.40. The van der Waals surface area contributed by atoms with Gasteiger partial charge in [0.2, 0.25) is 0 Å². The third-order valence-electron chi connectivity index (χ3n) is 3.26. The highest BCUT2D eigenvalue weighted by Crippen LogP contribution is 2.41. The van der Waals surface area contributed by atoms with E-state index < -0.39 is 5.91 Å². The van der Waals surface area contributed by atoms with E-state index in [4.69, 9.17) is 14.2 Å². The molecule has 7 nitrogen and oxygen atoms in total. The summed E-state index contributed by atoms with van der Waals surface area (Å²) in [6, 6.07) is 6.80. The smallest absolute Gasteiger partial charge is 0.277 e. The molecule has 0 aromatic heterocycles. The Morgan fingerprint density at radius 2 is 1.93 bits per heavy atom. The quantitative estimate of drug-likeness (QED) is 0.387. The highest BCUT2D eigenvalue weighted by atomic mass is 79.9. The number of rotatable bonds is 7. The molecule has 0 unspecified atom stereocenters. The van der Waals surface area contributed by atoms with E-state index in [1.165, 1.54) is 20.4 Å². The predicted octanol–water partition coefficient (Wildman–Crippen LogP) is 4.23. The Hall–Kier alpha value is -1.78. The van der Waals surface area contributed by atoms with Gasteiger partial charge in [-0.05, 0) is 56.1 Å². The molecule has 0 spiro atoms. The second kappa shape index (κ2) is 9.95. The van der Waals surface area contributed by atoms with Crippen molar-refractivity contribution < 1.29 is 24.1 Å². The van der Waals surface area contributed by atoms with Crippen molar-refractivity contribution in [2.45, 2.75) is 0 Å². The molecule has 2 aromatic carbocycles. The van der Waals surface area contributed by atoms with E-state index in [1.54, 1.807) is 24.3 Å². The van der Waals surface area contributed by atoms with Gasteiger partial charge in [0.15, 0.2) is 23.9 Å². The first-order chi connectivity index (χ1) is 12.9. The Kier molecular flexibility index (Phi) is 7.93. The molecular formula is C17H15Br3N2O5. The zero-order valence-electron chi connectivity index (χ0n) is 14.3. The lowest BCUT2D eigenvalue weighted by molar-refractivity contribution is -0.123. The molecule has 2 rings (SSSR count). The molecule has 0 aliphatic carbocycles. The predicted molar refractivity (Wildman–Crippen MR) is 112 cm³/mol. The maximum absolute atomic E-state index is 11.9. The van der Waals surface area contributed by atoms with Crippen molar-refractivity contribution in [1.29, 1.82) is 0 Å². The summed E-state index contributed by atoms with van der Waals surface area (Å²) < 4.78 is 17.6. The van der Waals surface area contributed by atoms with Crippen LogP contribution in [0.2, 0.25) is 0 Å². The standard InChI is InChI=1S/C17H15Br3N2O5/c1-25-13-6-10(18)3-4-12(13)27-8-14(23)22-21-7-9-5-11(19)17(26-2)15(20)16(9)24/h3-7,24H,8H2,1-2H3,(H,22,23)/b21-7+. The molecule has 27 heavy (non-hydrogen) atoms. The zero-order chi connectivity index (χ0) is 20.0. The monoisotopic (exact) mass is 564 g/mol. The number of methoxy groups -OCH3 is 2. The summed E-state index contributed by atoms with van der Waals surface area (Å²) in [6.07, 6.45) is 1.31. The summed E-state index contributed by atoms with van der Waals surface area (Å²) in [5.74, 6) is 0.843. The van der Waals surface area contributed by atoms with Gasteiger partial charge in [-0.3, -0.25) is 4.79 Å². The summed E-state index contributed by atoms with van der Waals surface area (Å²) in [4.78, 5) is 11.9. The van der Waals surface area contributed by atoms with Crippen molar-refractivity contribution >= 4 is 59.9 Å². The number of nitrogens with zero attached hydrogens (tertiary/aromatic N) is 1. The van der Waals surface area contributed by atoms with Gasteiger partial charge in [0.05, 0.1) is 24.9 Å². The van der Waals surface area contributed by atoms with Gasteiger partial charge in [0.1, 0.15) is 10.2 Å². The Balaban J connectivity index is 1.98. The molecule has 0 atom stereocenters. The van der Waals surface area contributed by atoms with E-state index in [0.717, 1.165) is 4.47 Å². The molecule has 0 saturated carbocycles. The van der Waals surface area contributed by atoms with E-state index >= 15 is 0 Å².